The molecule has 2 aromatic carbocycles. The van der Waals surface area contributed by atoms with Gasteiger partial charge in [-0.1, -0.05) is 61.7 Å². The standard InChI is InChI=1S/C28H30N2O5S2/c1-19-9-8-14-22(15-19)37(34,35)29-17-24(20-10-4-2-5-11-20)30(26(31)18-29)23-16-25(36-27(23)28(32)33)21-12-6-3-7-13-21/h3,6-9,12-16,20,24H,2,4-5,10-11,17-18H2,1H3,(H,32,33). The number of carboxylic acids is 1. The first-order valence-electron chi connectivity index (χ1n) is 12.6. The van der Waals surface area contributed by atoms with Gasteiger partial charge in [-0.05, 0) is 55.0 Å². The van der Waals surface area contributed by atoms with E-state index in [1.807, 2.05) is 43.3 Å². The first-order chi connectivity index (χ1) is 17.8. The number of aryl methyl sites for hydroxylation is 1. The van der Waals surface area contributed by atoms with Crippen LogP contribution in [-0.4, -0.2) is 48.8 Å². The molecule has 0 radical (unpaired) electrons. The number of carbonyl (C=O) groups excluding carboxylic acids is 1. The summed E-state index contributed by atoms with van der Waals surface area (Å²) in [6.07, 6.45) is 4.90. The largest absolute Gasteiger partial charge is 0.477 e. The molecule has 1 aliphatic carbocycles. The smallest absolute Gasteiger partial charge is 0.348 e. The van der Waals surface area contributed by atoms with E-state index in [9.17, 15) is 23.1 Å². The maximum Gasteiger partial charge on any atom is 0.348 e. The Labute approximate surface area is 221 Å². The average Bonchev–Trinajstić information content (AvgIpc) is 3.35. The highest BCUT2D eigenvalue weighted by Gasteiger charge is 2.44. The molecule has 1 amide bonds. The highest BCUT2D eigenvalue weighted by Crippen LogP contribution is 2.42. The van der Waals surface area contributed by atoms with Crippen LogP contribution >= 0.6 is 11.3 Å². The van der Waals surface area contributed by atoms with Crippen LogP contribution in [0.1, 0.15) is 47.3 Å². The number of sulfonamides is 1. The number of nitrogens with zero attached hydrogens (tertiary/aromatic N) is 2. The van der Waals surface area contributed by atoms with Gasteiger partial charge >= 0.3 is 5.97 Å². The van der Waals surface area contributed by atoms with E-state index in [0.717, 1.165) is 59.4 Å². The highest BCUT2D eigenvalue weighted by molar-refractivity contribution is 7.89. The molecule has 1 atom stereocenters. The van der Waals surface area contributed by atoms with Crippen LogP contribution in [0.4, 0.5) is 5.69 Å². The first kappa shape index (κ1) is 25.6. The van der Waals surface area contributed by atoms with Crippen LogP contribution in [0.2, 0.25) is 0 Å². The zero-order valence-electron chi connectivity index (χ0n) is 20.7. The molecule has 2 aliphatic rings. The van der Waals surface area contributed by atoms with Gasteiger partial charge in [0.15, 0.2) is 0 Å². The average molecular weight is 539 g/mol. The predicted molar refractivity (Wildman–Crippen MR) is 145 cm³/mol. The van der Waals surface area contributed by atoms with Crippen LogP contribution in [-0.2, 0) is 14.8 Å². The maximum absolute atomic E-state index is 13.8. The molecule has 194 valence electrons. The minimum absolute atomic E-state index is 0.0925. The van der Waals surface area contributed by atoms with E-state index in [4.69, 9.17) is 0 Å². The Bertz CT molecular complexity index is 1410. The SMILES string of the molecule is Cc1cccc(S(=O)(=O)N2CC(=O)N(c3cc(-c4ccccc4)sc3C(=O)O)C(C3CCCCC3)C2)c1. The van der Waals surface area contributed by atoms with Crippen molar-refractivity contribution >= 4 is 38.9 Å². The van der Waals surface area contributed by atoms with E-state index in [1.54, 1.807) is 29.2 Å². The van der Waals surface area contributed by atoms with Crippen molar-refractivity contribution in [2.24, 2.45) is 5.92 Å². The van der Waals surface area contributed by atoms with Crippen LogP contribution in [0.5, 0.6) is 0 Å². The first-order valence-corrected chi connectivity index (χ1v) is 14.8. The van der Waals surface area contributed by atoms with Crippen molar-refractivity contribution in [3.63, 3.8) is 0 Å². The molecule has 9 heteroatoms. The molecule has 1 N–H and O–H groups in total. The summed E-state index contributed by atoms with van der Waals surface area (Å²) in [5, 5.41) is 10.1. The van der Waals surface area contributed by atoms with Gasteiger partial charge in [0.05, 0.1) is 23.2 Å². The number of benzene rings is 2. The second kappa shape index (κ2) is 10.4. The molecule has 2 heterocycles. The van der Waals surface area contributed by atoms with Gasteiger partial charge in [0, 0.05) is 11.4 Å². The number of rotatable bonds is 6. The van der Waals surface area contributed by atoms with Crippen LogP contribution in [0.25, 0.3) is 10.4 Å². The lowest BCUT2D eigenvalue weighted by Crippen LogP contribution is -2.60. The quantitative estimate of drug-likeness (QED) is 0.453. The Morgan fingerprint density at radius 1 is 1.00 bits per heavy atom. The van der Waals surface area contributed by atoms with Crippen LogP contribution in [0.3, 0.4) is 0 Å². The zero-order valence-corrected chi connectivity index (χ0v) is 22.3. The lowest BCUT2D eigenvalue weighted by Gasteiger charge is -2.44. The van der Waals surface area contributed by atoms with Crippen LogP contribution in [0, 0.1) is 12.8 Å². The summed E-state index contributed by atoms with van der Waals surface area (Å²) in [7, 11) is -3.89. The van der Waals surface area contributed by atoms with E-state index in [0.29, 0.717) is 5.69 Å². The molecule has 3 aromatic rings. The van der Waals surface area contributed by atoms with E-state index in [2.05, 4.69) is 0 Å². The Hall–Kier alpha value is -3.01. The van der Waals surface area contributed by atoms with Crippen molar-refractivity contribution in [1.82, 2.24) is 4.31 Å². The molecular weight excluding hydrogens is 508 g/mol. The number of hydrogen-bond donors (Lipinski definition) is 1. The topological polar surface area (TPSA) is 95.0 Å². The molecular formula is C28H30N2O5S2. The third-order valence-electron chi connectivity index (χ3n) is 7.35. The second-order valence-corrected chi connectivity index (χ2v) is 12.8. The van der Waals surface area contributed by atoms with Gasteiger partial charge < -0.3 is 10.0 Å². The number of thiophene rings is 1. The van der Waals surface area contributed by atoms with Gasteiger partial charge in [0.2, 0.25) is 15.9 Å². The fourth-order valence-electron chi connectivity index (χ4n) is 5.52. The number of carboxylic acid groups (broad SMARTS) is 1. The van der Waals surface area contributed by atoms with Gasteiger partial charge in [-0.25, -0.2) is 13.2 Å². The van der Waals surface area contributed by atoms with E-state index >= 15 is 0 Å². The Morgan fingerprint density at radius 3 is 2.41 bits per heavy atom. The van der Waals surface area contributed by atoms with Crippen LogP contribution < -0.4 is 4.90 Å². The van der Waals surface area contributed by atoms with Gasteiger partial charge in [-0.2, -0.15) is 4.31 Å². The summed E-state index contributed by atoms with van der Waals surface area (Å²) in [5.74, 6) is -1.39. The van der Waals surface area contributed by atoms with E-state index in [-0.39, 0.29) is 28.8 Å². The van der Waals surface area contributed by atoms with Gasteiger partial charge in [-0.3, -0.25) is 4.79 Å². The zero-order chi connectivity index (χ0) is 26.2. The Balaban J connectivity index is 1.56. The number of piperazine rings is 1. The number of anilines is 1. The number of hydrogen-bond acceptors (Lipinski definition) is 5. The molecule has 1 saturated carbocycles. The third-order valence-corrected chi connectivity index (χ3v) is 10.3. The highest BCUT2D eigenvalue weighted by atomic mass is 32.2. The van der Waals surface area contributed by atoms with Gasteiger partial charge in [0.25, 0.3) is 0 Å². The molecule has 2 fully saturated rings. The lowest BCUT2D eigenvalue weighted by molar-refractivity contribution is -0.121. The minimum Gasteiger partial charge on any atom is -0.477 e. The van der Waals surface area contributed by atoms with E-state index < -0.39 is 27.9 Å². The Morgan fingerprint density at radius 2 is 1.73 bits per heavy atom. The van der Waals surface area contributed by atoms with Crippen molar-refractivity contribution in [2.45, 2.75) is 50.0 Å². The summed E-state index contributed by atoms with van der Waals surface area (Å²) in [6.45, 7) is 1.65. The lowest BCUT2D eigenvalue weighted by atomic mass is 9.82. The van der Waals surface area contributed by atoms with Gasteiger partial charge in [-0.15, -0.1) is 11.3 Å². The maximum atomic E-state index is 13.8. The van der Waals surface area contributed by atoms with Crippen molar-refractivity contribution in [2.75, 3.05) is 18.0 Å². The summed E-state index contributed by atoms with van der Waals surface area (Å²) in [6, 6.07) is 17.6. The van der Waals surface area contributed by atoms with Crippen molar-refractivity contribution in [1.29, 1.82) is 0 Å². The second-order valence-electron chi connectivity index (χ2n) is 9.84. The summed E-state index contributed by atoms with van der Waals surface area (Å²) in [4.78, 5) is 28.7. The van der Waals surface area contributed by atoms with Crippen LogP contribution in [0.15, 0.2) is 65.6 Å². The molecule has 1 aliphatic heterocycles. The molecule has 37 heavy (non-hydrogen) atoms. The van der Waals surface area contributed by atoms with Crippen molar-refractivity contribution in [3.05, 3.63) is 71.1 Å². The molecule has 5 rings (SSSR count). The monoisotopic (exact) mass is 538 g/mol. The summed E-state index contributed by atoms with van der Waals surface area (Å²) < 4.78 is 28.5. The normalized spacial score (nSPS) is 19.8. The predicted octanol–water partition coefficient (Wildman–Crippen LogP) is 5.41. The molecule has 1 unspecified atom stereocenters. The summed E-state index contributed by atoms with van der Waals surface area (Å²) >= 11 is 1.14. The van der Waals surface area contributed by atoms with E-state index in [1.165, 1.54) is 4.31 Å². The fourth-order valence-corrected chi connectivity index (χ4v) is 8.03. The Kier molecular flexibility index (Phi) is 7.20. The number of amides is 1. The molecule has 0 spiro atoms. The van der Waals surface area contributed by atoms with Crippen molar-refractivity contribution < 1.29 is 23.1 Å². The number of carbonyl (C=O) groups is 2. The molecule has 0 bridgehead atoms. The minimum atomic E-state index is -3.89. The van der Waals surface area contributed by atoms with Gasteiger partial charge in [0.1, 0.15) is 4.88 Å². The molecule has 7 nitrogen and oxygen atoms in total. The third kappa shape index (κ3) is 5.08. The van der Waals surface area contributed by atoms with Crippen molar-refractivity contribution in [3.8, 4) is 10.4 Å². The molecule has 1 aromatic heterocycles. The number of aromatic carboxylic acids is 1. The fraction of sp³-hybridized carbons (Fsp3) is 0.357. The summed E-state index contributed by atoms with van der Waals surface area (Å²) in [5.41, 5.74) is 2.07. The molecule has 1 saturated heterocycles.